The molecular weight excluding hydrogens is 191 g/mol. The van der Waals surface area contributed by atoms with Gasteiger partial charge in [-0.05, 0) is 6.42 Å². The summed E-state index contributed by atoms with van der Waals surface area (Å²) in [6.07, 6.45) is 1.42. The highest BCUT2D eigenvalue weighted by molar-refractivity contribution is 9.09. The van der Waals surface area contributed by atoms with Crippen LogP contribution in [-0.4, -0.2) is 18.0 Å². The van der Waals surface area contributed by atoms with E-state index in [9.17, 15) is 0 Å². The van der Waals surface area contributed by atoms with Crippen LogP contribution in [0.15, 0.2) is 0 Å². The summed E-state index contributed by atoms with van der Waals surface area (Å²) in [5.41, 5.74) is 0. The third-order valence-corrected chi connectivity index (χ3v) is 2.15. The molecule has 0 aliphatic carbocycles. The lowest BCUT2D eigenvalue weighted by atomic mass is 10.3. The Bertz CT molecular complexity index is 65.1. The minimum absolute atomic E-state index is 0.278. The molecule has 2 unspecified atom stereocenters. The molecule has 0 amide bonds. The molecule has 1 saturated heterocycles. The summed E-state index contributed by atoms with van der Waals surface area (Å²) in [5, 5.41) is 1.01. The summed E-state index contributed by atoms with van der Waals surface area (Å²) in [7, 11) is 0.278. The van der Waals surface area contributed by atoms with Crippen molar-refractivity contribution in [3.63, 3.8) is 0 Å². The number of halogens is 1. The molecule has 0 bridgehead atoms. The van der Waals surface area contributed by atoms with Crippen molar-refractivity contribution >= 4 is 25.0 Å². The summed E-state index contributed by atoms with van der Waals surface area (Å²) in [4.78, 5) is 0. The first-order valence-corrected chi connectivity index (χ1v) is 4.45. The molecule has 1 rings (SSSR count). The predicted octanol–water partition coefficient (Wildman–Crippen LogP) is 1.70. The van der Waals surface area contributed by atoms with Gasteiger partial charge >= 0.3 is 0 Å². The maximum absolute atomic E-state index is 5.17. The van der Waals surface area contributed by atoms with Crippen LogP contribution in [0.1, 0.15) is 6.42 Å². The highest BCUT2D eigenvalue weighted by Gasteiger charge is 2.14. The number of hydrogen-bond donors (Lipinski definition) is 0. The van der Waals surface area contributed by atoms with Crippen molar-refractivity contribution in [1.29, 1.82) is 0 Å². The van der Waals surface area contributed by atoms with Crippen LogP contribution in [0.2, 0.25) is 0 Å². The van der Waals surface area contributed by atoms with Crippen LogP contribution in [0, 0.1) is 0 Å². The molecule has 0 aromatic heterocycles. The van der Waals surface area contributed by atoms with Crippen LogP contribution in [0.4, 0.5) is 0 Å². The predicted molar refractivity (Wildman–Crippen MR) is 37.6 cm³/mol. The van der Waals surface area contributed by atoms with E-state index in [4.69, 9.17) is 9.05 Å². The van der Waals surface area contributed by atoms with Gasteiger partial charge in [-0.3, -0.25) is 0 Å². The molecule has 8 heavy (non-hydrogen) atoms. The van der Waals surface area contributed by atoms with Crippen molar-refractivity contribution in [3.05, 3.63) is 0 Å². The third kappa shape index (κ3) is 1.98. The lowest BCUT2D eigenvalue weighted by Gasteiger charge is -2.00. The van der Waals surface area contributed by atoms with Gasteiger partial charge in [0.05, 0.1) is 12.7 Å². The van der Waals surface area contributed by atoms with E-state index in [0.29, 0.717) is 6.10 Å². The van der Waals surface area contributed by atoms with Gasteiger partial charge in [-0.25, -0.2) is 0 Å². The monoisotopic (exact) mass is 198 g/mol. The van der Waals surface area contributed by atoms with Crippen molar-refractivity contribution in [2.45, 2.75) is 12.5 Å². The topological polar surface area (TPSA) is 18.5 Å². The Kier molecular flexibility index (Phi) is 3.28. The molecule has 4 heteroatoms. The summed E-state index contributed by atoms with van der Waals surface area (Å²) < 4.78 is 10.2. The average molecular weight is 199 g/mol. The number of hydrogen-bond acceptors (Lipinski definition) is 2. The first-order chi connectivity index (χ1) is 3.93. The quantitative estimate of drug-likeness (QED) is 0.497. The Balaban J connectivity index is 2.06. The van der Waals surface area contributed by atoms with Crippen LogP contribution in [0.3, 0.4) is 0 Å². The van der Waals surface area contributed by atoms with Crippen LogP contribution < -0.4 is 0 Å². The average Bonchev–Trinajstić information content (AvgIpc) is 2.19. The standard InChI is InChI=1S/C4H8BrO2P/c5-2-1-4-3-6-8-7-4/h4,8H,1-3H2. The summed E-state index contributed by atoms with van der Waals surface area (Å²) in [5.74, 6) is 0. The van der Waals surface area contributed by atoms with E-state index >= 15 is 0 Å². The number of alkyl halides is 1. The summed E-state index contributed by atoms with van der Waals surface area (Å²) >= 11 is 3.33. The van der Waals surface area contributed by atoms with E-state index in [1.54, 1.807) is 0 Å². The van der Waals surface area contributed by atoms with Gasteiger partial charge in [-0.1, -0.05) is 15.9 Å². The molecule has 48 valence electrons. The first kappa shape index (κ1) is 6.94. The van der Waals surface area contributed by atoms with Crippen LogP contribution in [0.25, 0.3) is 0 Å². The first-order valence-electron chi connectivity index (χ1n) is 2.52. The lowest BCUT2D eigenvalue weighted by Crippen LogP contribution is -2.08. The van der Waals surface area contributed by atoms with E-state index in [2.05, 4.69) is 15.9 Å². The van der Waals surface area contributed by atoms with E-state index in [1.807, 2.05) is 0 Å². The van der Waals surface area contributed by atoms with Crippen LogP contribution in [-0.2, 0) is 9.05 Å². The van der Waals surface area contributed by atoms with Gasteiger partial charge in [0.15, 0.2) is 9.03 Å². The zero-order valence-corrected chi connectivity index (χ0v) is 6.98. The van der Waals surface area contributed by atoms with Crippen molar-refractivity contribution < 1.29 is 9.05 Å². The highest BCUT2D eigenvalue weighted by Crippen LogP contribution is 2.27. The van der Waals surface area contributed by atoms with Gasteiger partial charge < -0.3 is 9.05 Å². The van der Waals surface area contributed by atoms with Crippen LogP contribution in [0.5, 0.6) is 0 Å². The zero-order valence-electron chi connectivity index (χ0n) is 4.39. The molecule has 0 saturated carbocycles. The van der Waals surface area contributed by atoms with E-state index < -0.39 is 0 Å². The summed E-state index contributed by atoms with van der Waals surface area (Å²) in [6.45, 7) is 0.782. The van der Waals surface area contributed by atoms with Gasteiger partial charge in [0.25, 0.3) is 0 Å². The fraction of sp³-hybridized carbons (Fsp3) is 1.00. The summed E-state index contributed by atoms with van der Waals surface area (Å²) in [6, 6.07) is 0. The molecule has 0 N–H and O–H groups in total. The van der Waals surface area contributed by atoms with Crippen molar-refractivity contribution in [2.75, 3.05) is 11.9 Å². The molecule has 0 spiro atoms. The Hall–Kier alpha value is 0.830. The minimum Gasteiger partial charge on any atom is -0.334 e. The second-order valence-electron chi connectivity index (χ2n) is 1.61. The molecule has 2 nitrogen and oxygen atoms in total. The molecule has 1 aliphatic rings. The lowest BCUT2D eigenvalue weighted by molar-refractivity contribution is 0.237. The smallest absolute Gasteiger partial charge is 0.155 e. The SMILES string of the molecule is BrCCC1COPO1. The molecule has 0 aromatic carbocycles. The Morgan fingerprint density at radius 3 is 3.12 bits per heavy atom. The van der Waals surface area contributed by atoms with Gasteiger partial charge in [0, 0.05) is 5.33 Å². The van der Waals surface area contributed by atoms with Gasteiger partial charge in [0.1, 0.15) is 0 Å². The fourth-order valence-electron chi connectivity index (χ4n) is 0.527. The maximum Gasteiger partial charge on any atom is 0.155 e. The Morgan fingerprint density at radius 1 is 1.75 bits per heavy atom. The maximum atomic E-state index is 5.17. The van der Waals surface area contributed by atoms with Crippen LogP contribution >= 0.6 is 25.0 Å². The van der Waals surface area contributed by atoms with Crippen molar-refractivity contribution in [2.24, 2.45) is 0 Å². The highest BCUT2D eigenvalue weighted by atomic mass is 79.9. The van der Waals surface area contributed by atoms with Crippen molar-refractivity contribution in [1.82, 2.24) is 0 Å². The zero-order chi connectivity index (χ0) is 5.82. The van der Waals surface area contributed by atoms with E-state index in [-0.39, 0.29) is 9.03 Å². The Labute approximate surface area is 59.0 Å². The largest absolute Gasteiger partial charge is 0.334 e. The second kappa shape index (κ2) is 3.78. The fourth-order valence-corrected chi connectivity index (χ4v) is 1.68. The number of rotatable bonds is 2. The Morgan fingerprint density at radius 2 is 2.62 bits per heavy atom. The molecule has 1 heterocycles. The third-order valence-electron chi connectivity index (χ3n) is 0.974. The molecular formula is C4H8BrO2P. The van der Waals surface area contributed by atoms with Gasteiger partial charge in [-0.15, -0.1) is 0 Å². The molecule has 1 fully saturated rings. The van der Waals surface area contributed by atoms with E-state index in [1.165, 1.54) is 0 Å². The van der Waals surface area contributed by atoms with Crippen molar-refractivity contribution in [3.8, 4) is 0 Å². The molecule has 0 aromatic rings. The molecule has 0 radical (unpaired) electrons. The second-order valence-corrected chi connectivity index (χ2v) is 3.10. The van der Waals surface area contributed by atoms with E-state index in [0.717, 1.165) is 18.4 Å². The molecule has 2 atom stereocenters. The molecule has 1 aliphatic heterocycles. The van der Waals surface area contributed by atoms with Gasteiger partial charge in [0.2, 0.25) is 0 Å². The normalized spacial score (nSPS) is 31.9. The van der Waals surface area contributed by atoms with Gasteiger partial charge in [-0.2, -0.15) is 0 Å². The minimum atomic E-state index is 0.278.